The Morgan fingerprint density at radius 1 is 0.879 bits per heavy atom. The lowest BCUT2D eigenvalue weighted by Gasteiger charge is -2.31. The van der Waals surface area contributed by atoms with E-state index in [0.29, 0.717) is 11.3 Å². The molecule has 0 aromatic heterocycles. The van der Waals surface area contributed by atoms with Crippen molar-refractivity contribution in [2.24, 2.45) is 4.99 Å². The molecule has 2 aromatic rings. The molecular formula is C23H27N3O7. The molecule has 0 fully saturated rings. The molecule has 10 heteroatoms. The molecule has 2 amide bonds. The van der Waals surface area contributed by atoms with E-state index in [9.17, 15) is 14.4 Å². The van der Waals surface area contributed by atoms with Crippen LogP contribution in [0.4, 0.5) is 9.59 Å². The number of benzene rings is 2. The quantitative estimate of drug-likeness (QED) is 0.493. The maximum atomic E-state index is 13.1. The van der Waals surface area contributed by atoms with Crippen molar-refractivity contribution in [1.82, 2.24) is 10.0 Å². The van der Waals surface area contributed by atoms with Crippen LogP contribution in [0.2, 0.25) is 0 Å². The predicted octanol–water partition coefficient (Wildman–Crippen LogP) is 4.04. The largest absolute Gasteiger partial charge is 0.497 e. The third-order valence-corrected chi connectivity index (χ3v) is 4.66. The highest BCUT2D eigenvalue weighted by Crippen LogP contribution is 2.34. The lowest BCUT2D eigenvalue weighted by atomic mass is 10.0. The van der Waals surface area contributed by atoms with Gasteiger partial charge in [-0.2, -0.15) is 10.0 Å². The third kappa shape index (κ3) is 5.00. The topological polar surface area (TPSA) is 107 Å². The first-order chi connectivity index (χ1) is 15.7. The molecule has 0 bridgehead atoms. The second kappa shape index (κ2) is 9.76. The molecule has 176 valence electrons. The van der Waals surface area contributed by atoms with Gasteiger partial charge in [0.1, 0.15) is 5.75 Å². The molecule has 33 heavy (non-hydrogen) atoms. The van der Waals surface area contributed by atoms with Gasteiger partial charge in [0.15, 0.2) is 6.17 Å². The van der Waals surface area contributed by atoms with E-state index in [0.717, 1.165) is 27.9 Å². The molecule has 0 radical (unpaired) electrons. The monoisotopic (exact) mass is 457 g/mol. The van der Waals surface area contributed by atoms with Crippen molar-refractivity contribution in [2.75, 3.05) is 14.2 Å². The zero-order valence-electron chi connectivity index (χ0n) is 19.4. The molecular weight excluding hydrogens is 430 g/mol. The Labute approximate surface area is 191 Å². The Bertz CT molecular complexity index is 1100. The van der Waals surface area contributed by atoms with Crippen molar-refractivity contribution in [2.45, 2.75) is 46.1 Å². The van der Waals surface area contributed by atoms with Gasteiger partial charge in [-0.25, -0.2) is 19.4 Å². The van der Waals surface area contributed by atoms with Crippen LogP contribution in [0.3, 0.4) is 0 Å². The van der Waals surface area contributed by atoms with Gasteiger partial charge < -0.3 is 18.9 Å². The van der Waals surface area contributed by atoms with Crippen molar-refractivity contribution in [3.05, 3.63) is 42.0 Å². The summed E-state index contributed by atoms with van der Waals surface area (Å²) in [6.45, 7) is 6.64. The van der Waals surface area contributed by atoms with Crippen molar-refractivity contribution in [3.63, 3.8) is 0 Å². The number of amidine groups is 1. The maximum absolute atomic E-state index is 13.1. The van der Waals surface area contributed by atoms with Gasteiger partial charge in [-0.1, -0.05) is 18.2 Å². The fourth-order valence-corrected chi connectivity index (χ4v) is 3.28. The van der Waals surface area contributed by atoms with E-state index < -0.39 is 36.5 Å². The van der Waals surface area contributed by atoms with Gasteiger partial charge in [-0.3, -0.25) is 0 Å². The zero-order chi connectivity index (χ0) is 24.3. The van der Waals surface area contributed by atoms with Crippen LogP contribution >= 0.6 is 0 Å². The number of esters is 1. The lowest BCUT2D eigenvalue weighted by Crippen LogP contribution is -2.52. The lowest BCUT2D eigenvalue weighted by molar-refractivity contribution is -0.134. The van der Waals surface area contributed by atoms with E-state index in [2.05, 4.69) is 4.99 Å². The summed E-state index contributed by atoms with van der Waals surface area (Å²) in [6, 6.07) is 10.9. The number of carbonyl (C=O) groups is 3. The maximum Gasteiger partial charge on any atom is 0.435 e. The number of hydrogen-bond acceptors (Lipinski definition) is 8. The summed E-state index contributed by atoms with van der Waals surface area (Å²) in [5, 5.41) is 3.48. The Morgan fingerprint density at radius 2 is 1.48 bits per heavy atom. The molecule has 0 saturated heterocycles. The van der Waals surface area contributed by atoms with Crippen molar-refractivity contribution >= 4 is 34.8 Å². The van der Waals surface area contributed by atoms with Gasteiger partial charge in [-0.15, -0.1) is 0 Å². The normalized spacial score (nSPS) is 15.6. The molecule has 1 aliphatic heterocycles. The van der Waals surface area contributed by atoms with Crippen LogP contribution in [0, 0.1) is 0 Å². The summed E-state index contributed by atoms with van der Waals surface area (Å²) in [7, 11) is 2.74. The second-order valence-corrected chi connectivity index (χ2v) is 7.81. The van der Waals surface area contributed by atoms with E-state index in [1.165, 1.54) is 0 Å². The molecule has 1 unspecified atom stereocenters. The SMILES string of the molecule is COC(=O)C1=NC(c2ccc3cc(OC)ccc3c2)N(C(=O)OC(C)C)N1C(=O)OC(C)C. The van der Waals surface area contributed by atoms with Crippen molar-refractivity contribution < 1.29 is 33.3 Å². The minimum atomic E-state index is -1.06. The number of nitrogens with zero attached hydrogens (tertiary/aromatic N) is 3. The highest BCUT2D eigenvalue weighted by atomic mass is 16.6. The van der Waals surface area contributed by atoms with Gasteiger partial charge in [0.2, 0.25) is 5.84 Å². The first-order valence-electron chi connectivity index (χ1n) is 10.4. The number of fused-ring (bicyclic) bond motifs is 1. The Kier molecular flexibility index (Phi) is 7.05. The first kappa shape index (κ1) is 23.8. The number of aliphatic imine (C=N–C) groups is 1. The molecule has 0 spiro atoms. The summed E-state index contributed by atoms with van der Waals surface area (Å²) in [5.74, 6) is -0.582. The average Bonchev–Trinajstić information content (AvgIpc) is 3.18. The number of carbonyl (C=O) groups excluding carboxylic acids is 3. The van der Waals surface area contributed by atoms with Gasteiger partial charge in [-0.05, 0) is 62.2 Å². The number of hydrogen-bond donors (Lipinski definition) is 0. The van der Waals surface area contributed by atoms with E-state index in [1.54, 1.807) is 46.9 Å². The summed E-state index contributed by atoms with van der Waals surface area (Å²) in [6.07, 6.45) is -3.87. The number of ether oxygens (including phenoxy) is 4. The third-order valence-electron chi connectivity index (χ3n) is 4.66. The molecule has 10 nitrogen and oxygen atoms in total. The van der Waals surface area contributed by atoms with Gasteiger partial charge in [0, 0.05) is 0 Å². The molecule has 1 aliphatic rings. The molecule has 3 rings (SSSR count). The Hall–Kier alpha value is -3.82. The minimum absolute atomic E-state index is 0.385. The molecule has 1 atom stereocenters. The molecule has 1 heterocycles. The fraction of sp³-hybridized carbons (Fsp3) is 0.391. The number of amides is 2. The second-order valence-electron chi connectivity index (χ2n) is 7.81. The summed E-state index contributed by atoms with van der Waals surface area (Å²) < 4.78 is 20.7. The molecule has 0 saturated carbocycles. The number of hydrazine groups is 1. The van der Waals surface area contributed by atoms with Crippen molar-refractivity contribution in [1.29, 1.82) is 0 Å². The smallest absolute Gasteiger partial charge is 0.435 e. The van der Waals surface area contributed by atoms with E-state index in [-0.39, 0.29) is 5.84 Å². The molecule has 2 aromatic carbocycles. The van der Waals surface area contributed by atoms with Crippen LogP contribution in [0.5, 0.6) is 5.75 Å². The van der Waals surface area contributed by atoms with E-state index in [4.69, 9.17) is 18.9 Å². The highest BCUT2D eigenvalue weighted by Gasteiger charge is 2.47. The van der Waals surface area contributed by atoms with Crippen LogP contribution in [-0.2, 0) is 19.0 Å². The van der Waals surface area contributed by atoms with Crippen LogP contribution in [0.25, 0.3) is 10.8 Å². The number of rotatable bonds is 5. The van der Waals surface area contributed by atoms with E-state index >= 15 is 0 Å². The van der Waals surface area contributed by atoms with Crippen LogP contribution in [0.1, 0.15) is 39.4 Å². The Morgan fingerprint density at radius 3 is 2.09 bits per heavy atom. The zero-order valence-corrected chi connectivity index (χ0v) is 19.4. The standard InChI is InChI=1S/C23H27N3O7/c1-13(2)32-22(28)25-19(17-8-7-16-12-18(30-5)10-9-15(16)11-17)24-20(21(27)31-6)26(25)23(29)33-14(3)4/h7-14,19H,1-6H3. The minimum Gasteiger partial charge on any atom is -0.497 e. The molecule has 0 aliphatic carbocycles. The fourth-order valence-electron chi connectivity index (χ4n) is 3.28. The number of methoxy groups -OCH3 is 2. The van der Waals surface area contributed by atoms with Crippen LogP contribution in [-0.4, -0.2) is 60.4 Å². The van der Waals surface area contributed by atoms with E-state index in [1.807, 2.05) is 24.3 Å². The van der Waals surface area contributed by atoms with Crippen LogP contribution in [0.15, 0.2) is 41.4 Å². The highest BCUT2D eigenvalue weighted by molar-refractivity contribution is 6.38. The predicted molar refractivity (Wildman–Crippen MR) is 120 cm³/mol. The summed E-state index contributed by atoms with van der Waals surface area (Å²) in [5.41, 5.74) is 0.551. The summed E-state index contributed by atoms with van der Waals surface area (Å²) in [4.78, 5) is 42.8. The molecule has 0 N–H and O–H groups in total. The first-order valence-corrected chi connectivity index (χ1v) is 10.4. The average molecular weight is 457 g/mol. The van der Waals surface area contributed by atoms with Crippen LogP contribution < -0.4 is 4.74 Å². The van der Waals surface area contributed by atoms with Gasteiger partial charge >= 0.3 is 18.2 Å². The van der Waals surface area contributed by atoms with Crippen molar-refractivity contribution in [3.8, 4) is 5.75 Å². The summed E-state index contributed by atoms with van der Waals surface area (Å²) >= 11 is 0. The van der Waals surface area contributed by atoms with Gasteiger partial charge in [0.05, 0.1) is 26.4 Å². The van der Waals surface area contributed by atoms with Gasteiger partial charge in [0.25, 0.3) is 0 Å². The Balaban J connectivity index is 2.12.